The lowest BCUT2D eigenvalue weighted by atomic mass is 9.83. The molecule has 0 saturated heterocycles. The van der Waals surface area contributed by atoms with E-state index in [1.165, 1.54) is 56.5 Å². The summed E-state index contributed by atoms with van der Waals surface area (Å²) >= 11 is 0. The standard InChI is InChI=1S/C20H24FN3O2/c21-16-11-14(17(22)10-13-4-2-1-3-5-13)6-8-18(16)26-19-9-7-15(12-24-19)20(23)25/h6-9,11-13,17H,1-5,10,22H2,(H2,23,25). The number of carbonyl (C=O) groups is 1. The lowest BCUT2D eigenvalue weighted by Gasteiger charge is -2.24. The van der Waals surface area contributed by atoms with E-state index in [-0.39, 0.29) is 23.2 Å². The maximum Gasteiger partial charge on any atom is 0.250 e. The normalized spacial score (nSPS) is 16.2. The summed E-state index contributed by atoms with van der Waals surface area (Å²) in [7, 11) is 0. The molecule has 2 aromatic rings. The predicted octanol–water partition coefficient (Wildman–Crippen LogP) is 4.08. The molecule has 1 aromatic carbocycles. The fourth-order valence-corrected chi connectivity index (χ4v) is 3.45. The molecule has 0 aliphatic heterocycles. The number of hydrogen-bond donors (Lipinski definition) is 2. The second-order valence-electron chi connectivity index (χ2n) is 6.89. The van der Waals surface area contributed by atoms with Gasteiger partial charge in [0.25, 0.3) is 0 Å². The number of primary amides is 1. The highest BCUT2D eigenvalue weighted by Gasteiger charge is 2.19. The summed E-state index contributed by atoms with van der Waals surface area (Å²) in [4.78, 5) is 15.0. The number of carbonyl (C=O) groups excluding carboxylic acids is 1. The predicted molar refractivity (Wildman–Crippen MR) is 97.3 cm³/mol. The van der Waals surface area contributed by atoms with Gasteiger partial charge in [-0.2, -0.15) is 0 Å². The Bertz CT molecular complexity index is 758. The van der Waals surface area contributed by atoms with E-state index in [9.17, 15) is 9.18 Å². The van der Waals surface area contributed by atoms with E-state index in [0.717, 1.165) is 12.0 Å². The number of halogens is 1. The number of benzene rings is 1. The van der Waals surface area contributed by atoms with Crippen molar-refractivity contribution < 1.29 is 13.9 Å². The molecule has 1 aliphatic carbocycles. The molecular weight excluding hydrogens is 333 g/mol. The highest BCUT2D eigenvalue weighted by molar-refractivity contribution is 5.92. The van der Waals surface area contributed by atoms with Crippen molar-refractivity contribution in [2.45, 2.75) is 44.6 Å². The van der Waals surface area contributed by atoms with Crippen LogP contribution in [0.1, 0.15) is 60.5 Å². The first-order valence-corrected chi connectivity index (χ1v) is 9.01. The van der Waals surface area contributed by atoms with E-state index < -0.39 is 11.7 Å². The van der Waals surface area contributed by atoms with Crippen LogP contribution in [-0.4, -0.2) is 10.9 Å². The molecule has 1 heterocycles. The van der Waals surface area contributed by atoms with E-state index in [0.29, 0.717) is 5.92 Å². The number of ether oxygens (including phenoxy) is 1. The lowest BCUT2D eigenvalue weighted by molar-refractivity contribution is 0.1000. The van der Waals surface area contributed by atoms with Crippen LogP contribution in [0.25, 0.3) is 0 Å². The Morgan fingerprint density at radius 2 is 2.00 bits per heavy atom. The van der Waals surface area contributed by atoms with Crippen LogP contribution in [0.4, 0.5) is 4.39 Å². The van der Waals surface area contributed by atoms with Gasteiger partial charge in [-0.1, -0.05) is 38.2 Å². The minimum atomic E-state index is -0.577. The molecule has 1 aromatic heterocycles. The van der Waals surface area contributed by atoms with Gasteiger partial charge < -0.3 is 16.2 Å². The molecule has 1 aliphatic rings. The second kappa shape index (κ2) is 8.27. The van der Waals surface area contributed by atoms with Crippen LogP contribution < -0.4 is 16.2 Å². The van der Waals surface area contributed by atoms with Crippen LogP contribution in [0.5, 0.6) is 11.6 Å². The summed E-state index contributed by atoms with van der Waals surface area (Å²) in [6.07, 6.45) is 8.44. The summed E-state index contributed by atoms with van der Waals surface area (Å²) in [5.74, 6) is -0.175. The fourth-order valence-electron chi connectivity index (χ4n) is 3.45. The van der Waals surface area contributed by atoms with Gasteiger partial charge in [0.1, 0.15) is 0 Å². The van der Waals surface area contributed by atoms with Crippen molar-refractivity contribution in [3.05, 3.63) is 53.5 Å². The molecule has 0 bridgehead atoms. The maximum atomic E-state index is 14.4. The minimum Gasteiger partial charge on any atom is -0.436 e. The van der Waals surface area contributed by atoms with Crippen molar-refractivity contribution >= 4 is 5.91 Å². The summed E-state index contributed by atoms with van der Waals surface area (Å²) in [5.41, 5.74) is 12.5. The first-order chi connectivity index (χ1) is 12.5. The van der Waals surface area contributed by atoms with Gasteiger partial charge in [-0.15, -0.1) is 0 Å². The molecule has 5 nitrogen and oxygen atoms in total. The van der Waals surface area contributed by atoms with Gasteiger partial charge in [-0.05, 0) is 36.1 Å². The number of amides is 1. The molecule has 3 rings (SSSR count). The van der Waals surface area contributed by atoms with Gasteiger partial charge in [0.05, 0.1) is 5.56 Å². The molecule has 26 heavy (non-hydrogen) atoms. The average molecular weight is 357 g/mol. The third-order valence-corrected chi connectivity index (χ3v) is 4.93. The van der Waals surface area contributed by atoms with Gasteiger partial charge in [0.15, 0.2) is 11.6 Å². The van der Waals surface area contributed by atoms with Crippen molar-refractivity contribution in [1.29, 1.82) is 0 Å². The summed E-state index contributed by atoms with van der Waals surface area (Å²) in [5, 5.41) is 0. The van der Waals surface area contributed by atoms with E-state index in [1.807, 2.05) is 0 Å². The number of nitrogens with two attached hydrogens (primary N) is 2. The van der Waals surface area contributed by atoms with E-state index in [1.54, 1.807) is 12.1 Å². The molecule has 4 N–H and O–H groups in total. The van der Waals surface area contributed by atoms with Gasteiger partial charge in [-0.3, -0.25) is 4.79 Å². The van der Waals surface area contributed by atoms with E-state index in [2.05, 4.69) is 4.98 Å². The molecule has 1 unspecified atom stereocenters. The van der Waals surface area contributed by atoms with Crippen molar-refractivity contribution in [2.75, 3.05) is 0 Å². The Labute approximate surface area is 152 Å². The Hall–Kier alpha value is -2.47. The molecule has 0 radical (unpaired) electrons. The largest absolute Gasteiger partial charge is 0.436 e. The van der Waals surface area contributed by atoms with Crippen molar-refractivity contribution in [3.63, 3.8) is 0 Å². The zero-order valence-electron chi connectivity index (χ0n) is 14.7. The van der Waals surface area contributed by atoms with E-state index in [4.69, 9.17) is 16.2 Å². The van der Waals surface area contributed by atoms with Gasteiger partial charge >= 0.3 is 0 Å². The average Bonchev–Trinajstić information content (AvgIpc) is 2.64. The Morgan fingerprint density at radius 3 is 2.62 bits per heavy atom. The number of rotatable bonds is 6. The molecule has 138 valence electrons. The highest BCUT2D eigenvalue weighted by atomic mass is 19.1. The monoisotopic (exact) mass is 357 g/mol. The zero-order valence-corrected chi connectivity index (χ0v) is 14.7. The molecule has 6 heteroatoms. The quantitative estimate of drug-likeness (QED) is 0.815. The number of aromatic nitrogens is 1. The van der Waals surface area contributed by atoms with Crippen molar-refractivity contribution in [1.82, 2.24) is 4.98 Å². The Balaban J connectivity index is 1.65. The summed E-state index contributed by atoms with van der Waals surface area (Å²) in [6.45, 7) is 0. The third kappa shape index (κ3) is 4.58. The first-order valence-electron chi connectivity index (χ1n) is 9.01. The lowest BCUT2D eigenvalue weighted by Crippen LogP contribution is -2.17. The SMILES string of the molecule is NC(=O)c1ccc(Oc2ccc(C(N)CC3CCCCC3)cc2F)nc1. The zero-order chi connectivity index (χ0) is 18.5. The van der Waals surface area contributed by atoms with Crippen molar-refractivity contribution in [2.24, 2.45) is 17.4 Å². The molecular formula is C20H24FN3O2. The second-order valence-corrected chi connectivity index (χ2v) is 6.89. The Morgan fingerprint density at radius 1 is 1.23 bits per heavy atom. The van der Waals surface area contributed by atoms with E-state index >= 15 is 0 Å². The van der Waals surface area contributed by atoms with Crippen LogP contribution >= 0.6 is 0 Å². The summed E-state index contributed by atoms with van der Waals surface area (Å²) in [6, 6.07) is 7.58. The van der Waals surface area contributed by atoms with Crippen LogP contribution in [0.2, 0.25) is 0 Å². The smallest absolute Gasteiger partial charge is 0.250 e. The first kappa shape index (κ1) is 18.3. The number of hydrogen-bond acceptors (Lipinski definition) is 4. The third-order valence-electron chi connectivity index (χ3n) is 4.93. The number of nitrogens with zero attached hydrogens (tertiary/aromatic N) is 1. The molecule has 1 fully saturated rings. The van der Waals surface area contributed by atoms with Crippen molar-refractivity contribution in [3.8, 4) is 11.6 Å². The maximum absolute atomic E-state index is 14.4. The molecule has 0 spiro atoms. The fraction of sp³-hybridized carbons (Fsp3) is 0.400. The van der Waals surface area contributed by atoms with Gasteiger partial charge in [-0.25, -0.2) is 9.37 Å². The topological polar surface area (TPSA) is 91.2 Å². The number of pyridine rings is 1. The van der Waals surface area contributed by atoms with Crippen LogP contribution in [0.15, 0.2) is 36.5 Å². The molecule has 1 saturated carbocycles. The molecule has 1 atom stereocenters. The Kier molecular flexibility index (Phi) is 5.83. The summed E-state index contributed by atoms with van der Waals surface area (Å²) < 4.78 is 19.8. The van der Waals surface area contributed by atoms with Crippen LogP contribution in [0, 0.1) is 11.7 Å². The van der Waals surface area contributed by atoms with Crippen LogP contribution in [-0.2, 0) is 0 Å². The molecule has 1 amide bonds. The minimum absolute atomic E-state index is 0.0675. The van der Waals surface area contributed by atoms with Gasteiger partial charge in [0, 0.05) is 18.3 Å². The van der Waals surface area contributed by atoms with Crippen LogP contribution in [0.3, 0.4) is 0 Å². The highest BCUT2D eigenvalue weighted by Crippen LogP contribution is 2.32. The van der Waals surface area contributed by atoms with Gasteiger partial charge in [0.2, 0.25) is 11.8 Å².